The number of benzene rings is 1. The van der Waals surface area contributed by atoms with Crippen LogP contribution in [-0.2, 0) is 4.79 Å². The van der Waals surface area contributed by atoms with E-state index in [4.69, 9.17) is 4.74 Å². The molecule has 5 heteroatoms. The molecule has 0 aromatic heterocycles. The van der Waals surface area contributed by atoms with Crippen LogP contribution in [0.5, 0.6) is 5.75 Å². The molecule has 1 aliphatic rings. The first-order valence-electron chi connectivity index (χ1n) is 5.03. The Morgan fingerprint density at radius 3 is 2.76 bits per heavy atom. The van der Waals surface area contributed by atoms with Crippen molar-refractivity contribution >= 4 is 29.0 Å². The summed E-state index contributed by atoms with van der Waals surface area (Å²) < 4.78 is 5.18. The molecule has 2 amide bonds. The van der Waals surface area contributed by atoms with Crippen LogP contribution in [0.4, 0.5) is 4.79 Å². The summed E-state index contributed by atoms with van der Waals surface area (Å²) >= 11 is 0.979. The summed E-state index contributed by atoms with van der Waals surface area (Å²) in [5.41, 5.74) is 0.878. The van der Waals surface area contributed by atoms with Crippen LogP contribution >= 0.6 is 11.8 Å². The first kappa shape index (κ1) is 11.7. The molecule has 0 saturated carbocycles. The molecule has 1 atom stereocenters. The Hall–Kier alpha value is -1.75. The standard InChI is InChI=1S/C12H11NO3S/c1-16-9-5-3-2-4-8(9)6-7-10-11(14)13-12(15)17-10/h2-7,10H,1H3,(H,13,14,15)/b7-6-. The average Bonchev–Trinajstić information content (AvgIpc) is 2.65. The molecule has 0 bridgehead atoms. The van der Waals surface area contributed by atoms with Gasteiger partial charge in [0, 0.05) is 5.56 Å². The van der Waals surface area contributed by atoms with Crippen molar-refractivity contribution in [2.24, 2.45) is 0 Å². The van der Waals surface area contributed by atoms with Crippen LogP contribution in [0.25, 0.3) is 6.08 Å². The number of hydrogen-bond acceptors (Lipinski definition) is 4. The fourth-order valence-corrected chi connectivity index (χ4v) is 2.21. The van der Waals surface area contributed by atoms with Gasteiger partial charge in [-0.25, -0.2) is 0 Å². The number of thioether (sulfide) groups is 1. The second-order valence-corrected chi connectivity index (χ2v) is 4.53. The minimum Gasteiger partial charge on any atom is -0.496 e. The van der Waals surface area contributed by atoms with Gasteiger partial charge in [-0.05, 0) is 17.8 Å². The molecule has 1 aromatic carbocycles. The Labute approximate surface area is 103 Å². The van der Waals surface area contributed by atoms with Gasteiger partial charge in [-0.2, -0.15) is 0 Å². The summed E-state index contributed by atoms with van der Waals surface area (Å²) in [7, 11) is 1.59. The zero-order chi connectivity index (χ0) is 12.3. The van der Waals surface area contributed by atoms with E-state index in [0.29, 0.717) is 0 Å². The van der Waals surface area contributed by atoms with Gasteiger partial charge in [-0.1, -0.05) is 30.4 Å². The molecular weight excluding hydrogens is 238 g/mol. The summed E-state index contributed by atoms with van der Waals surface area (Å²) in [6, 6.07) is 7.48. The fourth-order valence-electron chi connectivity index (χ4n) is 1.49. The topological polar surface area (TPSA) is 55.4 Å². The highest BCUT2D eigenvalue weighted by molar-refractivity contribution is 8.15. The molecule has 0 radical (unpaired) electrons. The summed E-state index contributed by atoms with van der Waals surface area (Å²) in [5.74, 6) is 0.463. The second-order valence-electron chi connectivity index (χ2n) is 3.42. The van der Waals surface area contributed by atoms with Crippen molar-refractivity contribution in [3.05, 3.63) is 35.9 Å². The molecule has 88 valence electrons. The number of carbonyl (C=O) groups is 2. The largest absolute Gasteiger partial charge is 0.496 e. The van der Waals surface area contributed by atoms with Crippen molar-refractivity contribution in [1.82, 2.24) is 5.32 Å². The van der Waals surface area contributed by atoms with Gasteiger partial charge < -0.3 is 4.74 Å². The van der Waals surface area contributed by atoms with Crippen LogP contribution in [0.2, 0.25) is 0 Å². The monoisotopic (exact) mass is 249 g/mol. The number of para-hydroxylation sites is 1. The molecule has 0 aliphatic carbocycles. The lowest BCUT2D eigenvalue weighted by molar-refractivity contribution is -0.118. The van der Waals surface area contributed by atoms with E-state index in [2.05, 4.69) is 5.32 Å². The van der Waals surface area contributed by atoms with Crippen molar-refractivity contribution in [2.75, 3.05) is 7.11 Å². The lowest BCUT2D eigenvalue weighted by atomic mass is 10.1. The van der Waals surface area contributed by atoms with Gasteiger partial charge >= 0.3 is 0 Å². The van der Waals surface area contributed by atoms with Crippen LogP contribution in [-0.4, -0.2) is 23.5 Å². The average molecular weight is 249 g/mol. The van der Waals surface area contributed by atoms with Crippen LogP contribution in [0.1, 0.15) is 5.56 Å². The molecule has 17 heavy (non-hydrogen) atoms. The maximum absolute atomic E-state index is 11.3. The van der Waals surface area contributed by atoms with Crippen molar-refractivity contribution in [3.63, 3.8) is 0 Å². The molecular formula is C12H11NO3S. The Morgan fingerprint density at radius 1 is 1.35 bits per heavy atom. The highest BCUT2D eigenvalue weighted by Gasteiger charge is 2.29. The smallest absolute Gasteiger partial charge is 0.286 e. The van der Waals surface area contributed by atoms with Crippen molar-refractivity contribution in [2.45, 2.75) is 5.25 Å². The molecule has 0 spiro atoms. The second kappa shape index (κ2) is 5.05. The molecule has 1 unspecified atom stereocenters. The van der Waals surface area contributed by atoms with E-state index in [0.717, 1.165) is 23.1 Å². The van der Waals surface area contributed by atoms with E-state index in [9.17, 15) is 9.59 Å². The first-order valence-corrected chi connectivity index (χ1v) is 5.91. The van der Waals surface area contributed by atoms with Gasteiger partial charge in [0.15, 0.2) is 0 Å². The van der Waals surface area contributed by atoms with Crippen LogP contribution in [0, 0.1) is 0 Å². The van der Waals surface area contributed by atoms with E-state index in [1.54, 1.807) is 19.3 Å². The normalized spacial score (nSPS) is 19.7. The zero-order valence-corrected chi connectivity index (χ0v) is 9.99. The lowest BCUT2D eigenvalue weighted by Crippen LogP contribution is -2.22. The SMILES string of the molecule is COc1ccccc1/C=C\C1SC(=O)NC1=O. The third-order valence-electron chi connectivity index (χ3n) is 2.31. The Bertz CT molecular complexity index is 484. The highest BCUT2D eigenvalue weighted by Crippen LogP contribution is 2.23. The third-order valence-corrected chi connectivity index (χ3v) is 3.25. The zero-order valence-electron chi connectivity index (χ0n) is 9.17. The lowest BCUT2D eigenvalue weighted by Gasteiger charge is -2.03. The summed E-state index contributed by atoms with van der Waals surface area (Å²) in [6.07, 6.45) is 3.48. The summed E-state index contributed by atoms with van der Waals surface area (Å²) in [5, 5.41) is 1.48. The number of imide groups is 1. The molecule has 1 saturated heterocycles. The quantitative estimate of drug-likeness (QED) is 0.890. The number of methoxy groups -OCH3 is 1. The highest BCUT2D eigenvalue weighted by atomic mass is 32.2. The van der Waals surface area contributed by atoms with Gasteiger partial charge in [0.25, 0.3) is 5.24 Å². The Morgan fingerprint density at radius 2 is 2.12 bits per heavy atom. The van der Waals surface area contributed by atoms with E-state index in [-0.39, 0.29) is 11.1 Å². The van der Waals surface area contributed by atoms with Crippen LogP contribution < -0.4 is 10.1 Å². The van der Waals surface area contributed by atoms with Crippen LogP contribution in [0.3, 0.4) is 0 Å². The van der Waals surface area contributed by atoms with Gasteiger partial charge in [-0.15, -0.1) is 0 Å². The Balaban J connectivity index is 2.15. The maximum Gasteiger partial charge on any atom is 0.286 e. The molecule has 1 fully saturated rings. The summed E-state index contributed by atoms with van der Waals surface area (Å²) in [6.45, 7) is 0. The predicted octanol–water partition coefficient (Wildman–Crippen LogP) is 2.06. The van der Waals surface area contributed by atoms with Crippen molar-refractivity contribution < 1.29 is 14.3 Å². The molecule has 1 aliphatic heterocycles. The minimum atomic E-state index is -0.451. The first-order chi connectivity index (χ1) is 8.20. The number of ether oxygens (including phenoxy) is 1. The number of nitrogens with one attached hydrogen (secondary N) is 1. The minimum absolute atomic E-state index is 0.272. The summed E-state index contributed by atoms with van der Waals surface area (Å²) in [4.78, 5) is 22.3. The molecule has 1 N–H and O–H groups in total. The van der Waals surface area contributed by atoms with E-state index < -0.39 is 5.25 Å². The number of rotatable bonds is 3. The van der Waals surface area contributed by atoms with E-state index in [1.165, 1.54) is 0 Å². The molecule has 4 nitrogen and oxygen atoms in total. The molecule has 1 aromatic rings. The third kappa shape index (κ3) is 2.68. The predicted molar refractivity (Wildman–Crippen MR) is 66.9 cm³/mol. The van der Waals surface area contributed by atoms with Crippen LogP contribution in [0.15, 0.2) is 30.3 Å². The Kier molecular flexibility index (Phi) is 3.49. The van der Waals surface area contributed by atoms with Gasteiger partial charge in [-0.3, -0.25) is 14.9 Å². The number of carbonyl (C=O) groups excluding carboxylic acids is 2. The van der Waals surface area contributed by atoms with Gasteiger partial charge in [0.2, 0.25) is 5.91 Å². The number of hydrogen-bond donors (Lipinski definition) is 1. The van der Waals surface area contributed by atoms with E-state index >= 15 is 0 Å². The van der Waals surface area contributed by atoms with Crippen molar-refractivity contribution in [3.8, 4) is 5.75 Å². The maximum atomic E-state index is 11.3. The fraction of sp³-hybridized carbons (Fsp3) is 0.167. The molecule has 1 heterocycles. The van der Waals surface area contributed by atoms with Gasteiger partial charge in [0.1, 0.15) is 11.0 Å². The van der Waals surface area contributed by atoms with Crippen molar-refractivity contribution in [1.29, 1.82) is 0 Å². The number of amides is 2. The van der Waals surface area contributed by atoms with E-state index in [1.807, 2.05) is 24.3 Å². The molecule has 2 rings (SSSR count). The van der Waals surface area contributed by atoms with Gasteiger partial charge in [0.05, 0.1) is 7.11 Å².